The van der Waals surface area contributed by atoms with Crippen molar-refractivity contribution >= 4 is 17.6 Å². The van der Waals surface area contributed by atoms with Crippen molar-refractivity contribution in [2.45, 2.75) is 31.8 Å². The van der Waals surface area contributed by atoms with Gasteiger partial charge in [0.15, 0.2) is 12.1 Å². The molecule has 2 saturated heterocycles. The molecule has 3 atom stereocenters. The van der Waals surface area contributed by atoms with E-state index < -0.39 is 24.2 Å². The fourth-order valence-electron chi connectivity index (χ4n) is 2.60. The summed E-state index contributed by atoms with van der Waals surface area (Å²) >= 11 is 0. The molecule has 1 aromatic heterocycles. The minimum Gasteiger partial charge on any atom is -0.465 e. The van der Waals surface area contributed by atoms with E-state index in [0.717, 1.165) is 0 Å². The Balaban J connectivity index is 1.77. The maximum absolute atomic E-state index is 11.9. The van der Waals surface area contributed by atoms with Gasteiger partial charge < -0.3 is 19.9 Å². The molecule has 9 heteroatoms. The van der Waals surface area contributed by atoms with Crippen LogP contribution in [0.4, 0.5) is 5.82 Å². The molecule has 9 nitrogen and oxygen atoms in total. The van der Waals surface area contributed by atoms with Crippen molar-refractivity contribution in [2.75, 3.05) is 18.9 Å². The highest BCUT2D eigenvalue weighted by molar-refractivity contribution is 5.83. The maximum Gasteiger partial charge on any atom is 0.351 e. The molecular weight excluding hydrogens is 306 g/mol. The van der Waals surface area contributed by atoms with Crippen LogP contribution < -0.4 is 11.4 Å². The van der Waals surface area contributed by atoms with E-state index in [2.05, 4.69) is 4.98 Å². The van der Waals surface area contributed by atoms with E-state index in [0.29, 0.717) is 6.42 Å². The van der Waals surface area contributed by atoms with Crippen LogP contribution in [0, 0.1) is 5.92 Å². The molecule has 0 aliphatic carbocycles. The zero-order valence-electron chi connectivity index (χ0n) is 12.3. The summed E-state index contributed by atoms with van der Waals surface area (Å²) in [7, 11) is 0. The summed E-state index contributed by atoms with van der Waals surface area (Å²) in [5, 5.41) is 0. The Morgan fingerprint density at radius 3 is 2.87 bits per heavy atom. The minimum atomic E-state index is -0.723. The van der Waals surface area contributed by atoms with Crippen molar-refractivity contribution in [3.8, 4) is 0 Å². The smallest absolute Gasteiger partial charge is 0.351 e. The number of cyclic esters (lactones) is 1. The molecule has 0 saturated carbocycles. The number of aromatic nitrogens is 2. The summed E-state index contributed by atoms with van der Waals surface area (Å²) in [4.78, 5) is 38.7. The fourth-order valence-corrected chi connectivity index (χ4v) is 2.60. The predicted octanol–water partition coefficient (Wildman–Crippen LogP) is -0.391. The zero-order valence-corrected chi connectivity index (χ0v) is 12.3. The van der Waals surface area contributed by atoms with Gasteiger partial charge in [-0.15, -0.1) is 0 Å². The van der Waals surface area contributed by atoms with Crippen LogP contribution >= 0.6 is 0 Å². The molecule has 3 rings (SSSR count). The van der Waals surface area contributed by atoms with Gasteiger partial charge in [-0.2, -0.15) is 4.98 Å². The molecule has 2 aliphatic heterocycles. The largest absolute Gasteiger partial charge is 0.465 e. The molecule has 0 unspecified atom stereocenters. The van der Waals surface area contributed by atoms with Gasteiger partial charge in [0.05, 0.1) is 13.0 Å². The van der Waals surface area contributed by atoms with Gasteiger partial charge in [-0.05, 0) is 6.07 Å². The van der Waals surface area contributed by atoms with Crippen molar-refractivity contribution in [2.24, 2.45) is 5.92 Å². The summed E-state index contributed by atoms with van der Waals surface area (Å²) in [6.07, 6.45) is 0.688. The van der Waals surface area contributed by atoms with Crippen molar-refractivity contribution in [1.82, 2.24) is 9.55 Å². The van der Waals surface area contributed by atoms with Crippen LogP contribution in [-0.2, 0) is 23.8 Å². The molecule has 2 fully saturated rings. The molecule has 0 bridgehead atoms. The summed E-state index contributed by atoms with van der Waals surface area (Å²) in [6.45, 7) is -0.0125. The first-order chi connectivity index (χ1) is 11.0. The third kappa shape index (κ3) is 3.57. The van der Waals surface area contributed by atoms with Gasteiger partial charge in [-0.25, -0.2) is 4.79 Å². The number of hydrogen-bond donors (Lipinski definition) is 1. The second-order valence-electron chi connectivity index (χ2n) is 5.53. The first-order valence-electron chi connectivity index (χ1n) is 7.32. The van der Waals surface area contributed by atoms with E-state index in [-0.39, 0.29) is 43.6 Å². The highest BCUT2D eigenvalue weighted by atomic mass is 16.7. The molecule has 124 valence electrons. The van der Waals surface area contributed by atoms with Crippen LogP contribution in [0.15, 0.2) is 17.1 Å². The Labute approximate surface area is 131 Å². The Hall–Kier alpha value is -2.26. The molecule has 2 aliphatic rings. The third-order valence-electron chi connectivity index (χ3n) is 3.82. The predicted molar refractivity (Wildman–Crippen MR) is 76.1 cm³/mol. The fraction of sp³-hybridized carbons (Fsp3) is 0.571. The molecule has 1 aromatic rings. The average molecular weight is 323 g/mol. The zero-order chi connectivity index (χ0) is 16.4. The number of carbonyl (C=O) groups excluding carboxylic acids is 2. The van der Waals surface area contributed by atoms with Crippen LogP contribution in [0.25, 0.3) is 0 Å². The SMILES string of the molecule is Nc1ccn([C@H]2C[C@@H]3COC(=O)CCC(=O)CO[C@H]3O2)c(=O)n1. The molecule has 0 spiro atoms. The van der Waals surface area contributed by atoms with Gasteiger partial charge in [-0.3, -0.25) is 14.2 Å². The molecule has 0 amide bonds. The number of nitrogen functional groups attached to an aromatic ring is 1. The number of carbonyl (C=O) groups is 2. The summed E-state index contributed by atoms with van der Waals surface area (Å²) in [5.41, 5.74) is 4.93. The highest BCUT2D eigenvalue weighted by Crippen LogP contribution is 2.34. The molecule has 0 aromatic carbocycles. The first-order valence-corrected chi connectivity index (χ1v) is 7.32. The number of ketones is 1. The van der Waals surface area contributed by atoms with Crippen molar-refractivity contribution in [1.29, 1.82) is 0 Å². The van der Waals surface area contributed by atoms with Gasteiger partial charge >= 0.3 is 11.7 Å². The van der Waals surface area contributed by atoms with Gasteiger partial charge in [0, 0.05) is 25.0 Å². The van der Waals surface area contributed by atoms with E-state index in [4.69, 9.17) is 19.9 Å². The maximum atomic E-state index is 11.9. The third-order valence-corrected chi connectivity index (χ3v) is 3.82. The van der Waals surface area contributed by atoms with Crippen molar-refractivity contribution in [3.05, 3.63) is 22.7 Å². The number of Topliss-reactive ketones (excluding diaryl/α,β-unsaturated/α-hetero) is 1. The summed E-state index contributed by atoms with van der Waals surface area (Å²) in [5.74, 6) is -0.756. The number of anilines is 1. The van der Waals surface area contributed by atoms with Gasteiger partial charge in [0.25, 0.3) is 0 Å². The molecule has 23 heavy (non-hydrogen) atoms. The lowest BCUT2D eigenvalue weighted by molar-refractivity contribution is -0.180. The second-order valence-corrected chi connectivity index (χ2v) is 5.53. The quantitative estimate of drug-likeness (QED) is 0.693. The summed E-state index contributed by atoms with van der Waals surface area (Å²) < 4.78 is 17.6. The topological polar surface area (TPSA) is 123 Å². The van der Waals surface area contributed by atoms with E-state index >= 15 is 0 Å². The van der Waals surface area contributed by atoms with Crippen LogP contribution in [0.1, 0.15) is 25.5 Å². The van der Waals surface area contributed by atoms with E-state index in [1.54, 1.807) is 0 Å². The Morgan fingerprint density at radius 1 is 1.26 bits per heavy atom. The van der Waals surface area contributed by atoms with Crippen LogP contribution in [0.2, 0.25) is 0 Å². The minimum absolute atomic E-state index is 0.0468. The Kier molecular flexibility index (Phi) is 4.39. The van der Waals surface area contributed by atoms with Crippen LogP contribution in [0.5, 0.6) is 0 Å². The highest BCUT2D eigenvalue weighted by Gasteiger charge is 2.39. The first kappa shape index (κ1) is 15.6. The lowest BCUT2D eigenvalue weighted by Crippen LogP contribution is -2.30. The van der Waals surface area contributed by atoms with Gasteiger partial charge in [0.2, 0.25) is 0 Å². The van der Waals surface area contributed by atoms with Crippen LogP contribution in [-0.4, -0.2) is 40.8 Å². The van der Waals surface area contributed by atoms with E-state index in [9.17, 15) is 14.4 Å². The van der Waals surface area contributed by atoms with Gasteiger partial charge in [0.1, 0.15) is 18.7 Å². The Bertz CT molecular complexity index is 645. The van der Waals surface area contributed by atoms with Crippen molar-refractivity contribution < 1.29 is 23.8 Å². The number of esters is 1. The number of nitrogens with two attached hydrogens (primary N) is 1. The molecule has 2 N–H and O–H groups in total. The standard InChI is InChI=1S/C14H17N3O6/c15-10-3-4-17(14(20)16-10)11-5-8-6-21-12(19)2-1-9(18)7-22-13(8)23-11/h3-4,8,11,13H,1-2,5-7H2,(H2,15,16,20)/t8-,11-,13+/m1/s1. The number of ether oxygens (including phenoxy) is 3. The number of rotatable bonds is 1. The number of nitrogens with zero attached hydrogens (tertiary/aromatic N) is 2. The van der Waals surface area contributed by atoms with E-state index in [1.807, 2.05) is 0 Å². The summed E-state index contributed by atoms with van der Waals surface area (Å²) in [6, 6.07) is 1.49. The average Bonchev–Trinajstić information content (AvgIpc) is 2.91. The van der Waals surface area contributed by atoms with Crippen LogP contribution in [0.3, 0.4) is 0 Å². The normalized spacial score (nSPS) is 29.0. The molecule has 0 radical (unpaired) electrons. The molecule has 3 heterocycles. The van der Waals surface area contributed by atoms with Crippen molar-refractivity contribution in [3.63, 3.8) is 0 Å². The second kappa shape index (κ2) is 6.47. The lowest BCUT2D eigenvalue weighted by atomic mass is 10.1. The van der Waals surface area contributed by atoms with Gasteiger partial charge in [-0.1, -0.05) is 0 Å². The van der Waals surface area contributed by atoms with E-state index in [1.165, 1.54) is 16.8 Å². The number of fused-ring (bicyclic) bond motifs is 1. The molecular formula is C14H17N3O6. The number of hydrogen-bond acceptors (Lipinski definition) is 8. The lowest BCUT2D eigenvalue weighted by Gasteiger charge is -2.20. The Morgan fingerprint density at radius 2 is 2.09 bits per heavy atom. The monoisotopic (exact) mass is 323 g/mol.